The molecule has 2 heterocycles. The van der Waals surface area contributed by atoms with E-state index in [1.165, 1.54) is 6.20 Å². The fourth-order valence-corrected chi connectivity index (χ4v) is 3.65. The number of aromatic nitrogens is 3. The van der Waals surface area contributed by atoms with Gasteiger partial charge in [-0.3, -0.25) is 9.59 Å². The summed E-state index contributed by atoms with van der Waals surface area (Å²) in [5.74, 6) is -0.700. The monoisotopic (exact) mass is 485 g/mol. The zero-order chi connectivity index (χ0) is 24.6. The van der Waals surface area contributed by atoms with Gasteiger partial charge in [-0.05, 0) is 43.0 Å². The van der Waals surface area contributed by atoms with Crippen molar-refractivity contribution in [1.29, 1.82) is 0 Å². The molecule has 0 aliphatic heterocycles. The third-order valence-corrected chi connectivity index (χ3v) is 5.87. The van der Waals surface area contributed by atoms with Crippen molar-refractivity contribution in [3.63, 3.8) is 0 Å². The molecule has 0 unspecified atom stereocenters. The molecule has 2 aromatic heterocycles. The Morgan fingerprint density at radius 1 is 1.24 bits per heavy atom. The Labute approximate surface area is 201 Å². The van der Waals surface area contributed by atoms with E-state index in [1.54, 1.807) is 31.2 Å². The Morgan fingerprint density at radius 2 is 1.97 bits per heavy atom. The summed E-state index contributed by atoms with van der Waals surface area (Å²) in [7, 11) is 0. The van der Waals surface area contributed by atoms with Gasteiger partial charge in [0.05, 0.1) is 11.1 Å². The molecule has 0 saturated heterocycles. The Hall–Kier alpha value is -3.33. The van der Waals surface area contributed by atoms with Crippen LogP contribution in [0.25, 0.3) is 11.1 Å². The van der Waals surface area contributed by atoms with Crippen LogP contribution in [0.4, 0.5) is 10.2 Å². The van der Waals surface area contributed by atoms with Crippen molar-refractivity contribution >= 4 is 29.2 Å². The maximum absolute atomic E-state index is 15.2. The normalized spacial score (nSPS) is 14.5. The predicted molar refractivity (Wildman–Crippen MR) is 125 cm³/mol. The number of carbonyl (C=O) groups is 2. The molecule has 4 rings (SSSR count). The first-order valence-corrected chi connectivity index (χ1v) is 11.3. The fraction of sp³-hybridized carbons (Fsp3) is 0.375. The number of pyridine rings is 1. The van der Waals surface area contributed by atoms with E-state index in [1.807, 2.05) is 20.8 Å². The molecule has 1 aliphatic carbocycles. The van der Waals surface area contributed by atoms with E-state index in [2.05, 4.69) is 25.8 Å². The number of benzene rings is 1. The molecule has 1 aliphatic rings. The van der Waals surface area contributed by atoms with Gasteiger partial charge in [0.1, 0.15) is 11.6 Å². The first kappa shape index (κ1) is 23.8. The lowest BCUT2D eigenvalue weighted by Crippen LogP contribution is -2.27. The minimum Gasteiger partial charge on any atom is -0.341 e. The smallest absolute Gasteiger partial charge is 0.315 e. The molecule has 34 heavy (non-hydrogen) atoms. The Balaban J connectivity index is 1.51. The topological polar surface area (TPSA) is 110 Å². The molecular formula is C24H25ClFN5O3. The zero-order valence-corrected chi connectivity index (χ0v) is 20.0. The summed E-state index contributed by atoms with van der Waals surface area (Å²) in [6.45, 7) is 7.38. The number of anilines is 1. The molecule has 1 atom stereocenters. The van der Waals surface area contributed by atoms with Gasteiger partial charge in [0.25, 0.3) is 0 Å². The lowest BCUT2D eigenvalue weighted by atomic mass is 9.96. The molecule has 10 heteroatoms. The van der Waals surface area contributed by atoms with Gasteiger partial charge in [0.15, 0.2) is 5.82 Å². The maximum atomic E-state index is 15.2. The summed E-state index contributed by atoms with van der Waals surface area (Å²) in [6, 6.07) is 5.82. The molecular weight excluding hydrogens is 461 g/mol. The zero-order valence-electron chi connectivity index (χ0n) is 19.3. The number of rotatable bonds is 6. The summed E-state index contributed by atoms with van der Waals surface area (Å²) >= 11 is 6.35. The minimum absolute atomic E-state index is 0.0276. The van der Waals surface area contributed by atoms with Crippen LogP contribution in [-0.4, -0.2) is 26.9 Å². The van der Waals surface area contributed by atoms with Crippen molar-refractivity contribution in [3.05, 3.63) is 58.6 Å². The average molecular weight is 486 g/mol. The fourth-order valence-electron chi connectivity index (χ4n) is 3.32. The van der Waals surface area contributed by atoms with Crippen molar-refractivity contribution in [1.82, 2.24) is 20.4 Å². The second-order valence-corrected chi connectivity index (χ2v) is 9.77. The molecule has 1 fully saturated rings. The Bertz CT molecular complexity index is 1250. The van der Waals surface area contributed by atoms with Crippen LogP contribution < -0.4 is 10.6 Å². The van der Waals surface area contributed by atoms with Gasteiger partial charge in [-0.1, -0.05) is 49.7 Å². The van der Waals surface area contributed by atoms with E-state index in [0.717, 1.165) is 12.8 Å². The number of amides is 2. The summed E-state index contributed by atoms with van der Waals surface area (Å²) < 4.78 is 20.3. The van der Waals surface area contributed by atoms with Gasteiger partial charge in [-0.15, -0.1) is 0 Å². The quantitative estimate of drug-likeness (QED) is 0.505. The third kappa shape index (κ3) is 5.09. The van der Waals surface area contributed by atoms with Gasteiger partial charge >= 0.3 is 11.8 Å². The average Bonchev–Trinajstić information content (AvgIpc) is 3.50. The highest BCUT2D eigenvalue weighted by molar-refractivity contribution is 6.32. The molecule has 0 bridgehead atoms. The van der Waals surface area contributed by atoms with E-state index in [-0.39, 0.29) is 33.7 Å². The minimum atomic E-state index is -0.640. The van der Waals surface area contributed by atoms with Crippen molar-refractivity contribution in [2.75, 3.05) is 5.32 Å². The summed E-state index contributed by atoms with van der Waals surface area (Å²) in [4.78, 5) is 32.8. The number of carbonyl (C=O) groups excluding carboxylic acids is 2. The molecule has 3 aromatic rings. The lowest BCUT2D eigenvalue weighted by molar-refractivity contribution is -0.117. The molecule has 0 radical (unpaired) electrons. The number of nitrogens with zero attached hydrogens (tertiary/aromatic N) is 3. The van der Waals surface area contributed by atoms with Gasteiger partial charge in [-0.2, -0.15) is 4.98 Å². The van der Waals surface area contributed by atoms with E-state index >= 15 is 4.39 Å². The predicted octanol–water partition coefficient (Wildman–Crippen LogP) is 5.06. The first-order valence-electron chi connectivity index (χ1n) is 10.9. The lowest BCUT2D eigenvalue weighted by Gasteiger charge is -2.17. The largest absolute Gasteiger partial charge is 0.341 e. The van der Waals surface area contributed by atoms with Crippen LogP contribution in [0.5, 0.6) is 0 Å². The van der Waals surface area contributed by atoms with Crippen LogP contribution in [-0.2, 0) is 10.2 Å². The molecule has 1 saturated carbocycles. The molecule has 2 N–H and O–H groups in total. The van der Waals surface area contributed by atoms with Gasteiger partial charge in [0.2, 0.25) is 5.91 Å². The molecule has 1 aromatic carbocycles. The van der Waals surface area contributed by atoms with Crippen molar-refractivity contribution < 1.29 is 18.5 Å². The van der Waals surface area contributed by atoms with Crippen LogP contribution in [0.3, 0.4) is 0 Å². The highest BCUT2D eigenvalue weighted by atomic mass is 35.5. The van der Waals surface area contributed by atoms with Gasteiger partial charge in [-0.25, -0.2) is 9.37 Å². The highest BCUT2D eigenvalue weighted by Gasteiger charge is 2.30. The molecule has 2 amide bonds. The number of hydrogen-bond acceptors (Lipinski definition) is 6. The van der Waals surface area contributed by atoms with Crippen LogP contribution in [0, 0.1) is 11.7 Å². The van der Waals surface area contributed by atoms with E-state index < -0.39 is 17.8 Å². The third-order valence-electron chi connectivity index (χ3n) is 5.49. The molecule has 8 nitrogen and oxygen atoms in total. The molecule has 178 valence electrons. The van der Waals surface area contributed by atoms with Crippen molar-refractivity contribution in [2.45, 2.75) is 52.0 Å². The first-order chi connectivity index (χ1) is 16.0. The van der Waals surface area contributed by atoms with Crippen molar-refractivity contribution in [3.8, 4) is 11.1 Å². The van der Waals surface area contributed by atoms with Crippen LogP contribution in [0.1, 0.15) is 68.7 Å². The second-order valence-electron chi connectivity index (χ2n) is 9.39. The van der Waals surface area contributed by atoms with Gasteiger partial charge in [0, 0.05) is 23.1 Å². The van der Waals surface area contributed by atoms with Crippen LogP contribution >= 0.6 is 11.6 Å². The standard InChI is InChI=1S/C24H25ClFN5O3/c1-12(28-21(33)22-30-23(31-34-22)24(2,3)4)15-7-8-16(19(26)18(15)25)14-9-10-27-17(11-14)29-20(32)13-5-6-13/h7-13H,5-6H2,1-4H3,(H,28,33)(H,27,29,32)/t12-/m1/s1. The Morgan fingerprint density at radius 3 is 2.62 bits per heavy atom. The number of nitrogens with one attached hydrogen (secondary N) is 2. The summed E-state index contributed by atoms with van der Waals surface area (Å²) in [6.07, 6.45) is 3.24. The van der Waals surface area contributed by atoms with E-state index in [4.69, 9.17) is 16.1 Å². The van der Waals surface area contributed by atoms with E-state index in [0.29, 0.717) is 22.8 Å². The van der Waals surface area contributed by atoms with Gasteiger partial charge < -0.3 is 15.2 Å². The number of halogens is 2. The SMILES string of the molecule is C[C@@H](NC(=O)c1nc(C(C)(C)C)no1)c1ccc(-c2ccnc(NC(=O)C3CC3)c2)c(F)c1Cl. The summed E-state index contributed by atoms with van der Waals surface area (Å²) in [5.41, 5.74) is 0.791. The molecule has 0 spiro atoms. The number of hydrogen-bond donors (Lipinski definition) is 2. The second kappa shape index (κ2) is 9.13. The maximum Gasteiger partial charge on any atom is 0.315 e. The van der Waals surface area contributed by atoms with Crippen LogP contribution in [0.2, 0.25) is 5.02 Å². The summed E-state index contributed by atoms with van der Waals surface area (Å²) in [5, 5.41) is 9.18. The van der Waals surface area contributed by atoms with E-state index in [9.17, 15) is 9.59 Å². The van der Waals surface area contributed by atoms with Crippen molar-refractivity contribution in [2.24, 2.45) is 5.92 Å². The highest BCUT2D eigenvalue weighted by Crippen LogP contribution is 2.34. The van der Waals surface area contributed by atoms with Crippen LogP contribution in [0.15, 0.2) is 35.0 Å². The Kier molecular flexibility index (Phi) is 6.40.